The fourth-order valence-electron chi connectivity index (χ4n) is 1.82. The lowest BCUT2D eigenvalue weighted by Crippen LogP contribution is -2.30. The zero-order chi connectivity index (χ0) is 11.8. The third-order valence-corrected chi connectivity index (χ3v) is 2.64. The number of hydrogen-bond acceptors (Lipinski definition) is 3. The molecule has 0 spiro atoms. The van der Waals surface area contributed by atoms with Crippen LogP contribution in [0.5, 0.6) is 5.75 Å². The van der Waals surface area contributed by atoms with Crippen LogP contribution in [-0.2, 0) is 0 Å². The molecule has 1 N–H and O–H groups in total. The number of fused-ring (bicyclic) bond motifs is 1. The van der Waals surface area contributed by atoms with Gasteiger partial charge in [-0.3, -0.25) is 4.79 Å². The Balaban J connectivity index is 2.58. The molecule has 0 unspecified atom stereocenters. The normalized spacial score (nSPS) is 16.2. The van der Waals surface area contributed by atoms with Crippen LogP contribution in [0.2, 0.25) is 0 Å². The highest BCUT2D eigenvalue weighted by atomic mass is 16.5. The molecule has 16 heavy (non-hydrogen) atoms. The van der Waals surface area contributed by atoms with E-state index in [4.69, 9.17) is 4.74 Å². The van der Waals surface area contributed by atoms with Crippen LogP contribution >= 0.6 is 0 Å². The second kappa shape index (κ2) is 3.67. The quantitative estimate of drug-likeness (QED) is 0.774. The number of carbonyl (C=O) groups excluding carboxylic acids is 1. The van der Waals surface area contributed by atoms with Crippen LogP contribution in [0.25, 0.3) is 6.08 Å². The smallest absolute Gasteiger partial charge is 0.150 e. The number of methoxy groups -OCH3 is 1. The molecule has 3 nitrogen and oxygen atoms in total. The first-order valence-electron chi connectivity index (χ1n) is 5.20. The summed E-state index contributed by atoms with van der Waals surface area (Å²) >= 11 is 0. The molecular formula is C13H15NO2. The van der Waals surface area contributed by atoms with Gasteiger partial charge < -0.3 is 10.1 Å². The van der Waals surface area contributed by atoms with Gasteiger partial charge in [0.25, 0.3) is 0 Å². The Morgan fingerprint density at radius 3 is 2.75 bits per heavy atom. The maximum atomic E-state index is 10.8. The highest BCUT2D eigenvalue weighted by Gasteiger charge is 2.22. The highest BCUT2D eigenvalue weighted by Crippen LogP contribution is 2.36. The Morgan fingerprint density at radius 2 is 2.12 bits per heavy atom. The average molecular weight is 217 g/mol. The predicted octanol–water partition coefficient (Wildman–Crippen LogP) is 2.73. The summed E-state index contributed by atoms with van der Waals surface area (Å²) in [7, 11) is 1.61. The maximum absolute atomic E-state index is 10.8. The molecule has 0 atom stereocenters. The van der Waals surface area contributed by atoms with Crippen LogP contribution in [0.1, 0.15) is 29.8 Å². The fraction of sp³-hybridized carbons (Fsp3) is 0.308. The summed E-state index contributed by atoms with van der Waals surface area (Å²) in [6.07, 6.45) is 4.92. The largest absolute Gasteiger partial charge is 0.495 e. The zero-order valence-electron chi connectivity index (χ0n) is 9.70. The molecule has 0 saturated heterocycles. The zero-order valence-corrected chi connectivity index (χ0v) is 9.70. The molecule has 1 aliphatic rings. The summed E-state index contributed by atoms with van der Waals surface area (Å²) in [6.45, 7) is 4.17. The van der Waals surface area contributed by atoms with E-state index in [1.807, 2.05) is 12.1 Å². The molecule has 0 bridgehead atoms. The van der Waals surface area contributed by atoms with Gasteiger partial charge >= 0.3 is 0 Å². The number of aldehydes is 1. The van der Waals surface area contributed by atoms with Gasteiger partial charge in [-0.2, -0.15) is 0 Å². The summed E-state index contributed by atoms with van der Waals surface area (Å²) in [5.41, 5.74) is 2.46. The third-order valence-electron chi connectivity index (χ3n) is 2.64. The molecule has 1 heterocycles. The van der Waals surface area contributed by atoms with E-state index >= 15 is 0 Å². The Bertz CT molecular complexity index is 461. The number of hydrogen-bond donors (Lipinski definition) is 1. The molecule has 0 amide bonds. The number of rotatable bonds is 2. The van der Waals surface area contributed by atoms with Gasteiger partial charge in [-0.15, -0.1) is 0 Å². The first-order valence-corrected chi connectivity index (χ1v) is 5.20. The first-order chi connectivity index (χ1) is 7.55. The van der Waals surface area contributed by atoms with Crippen LogP contribution in [0, 0.1) is 0 Å². The van der Waals surface area contributed by atoms with E-state index in [1.54, 1.807) is 13.2 Å². The molecule has 0 aromatic heterocycles. The lowest BCUT2D eigenvalue weighted by atomic mass is 9.95. The van der Waals surface area contributed by atoms with Crippen molar-refractivity contribution >= 4 is 18.0 Å². The van der Waals surface area contributed by atoms with E-state index in [0.717, 1.165) is 17.5 Å². The third kappa shape index (κ3) is 1.81. The first kappa shape index (κ1) is 10.7. The summed E-state index contributed by atoms with van der Waals surface area (Å²) < 4.78 is 5.29. The summed E-state index contributed by atoms with van der Waals surface area (Å²) in [5.74, 6) is 0.706. The van der Waals surface area contributed by atoms with Crippen LogP contribution in [0.3, 0.4) is 0 Å². The van der Waals surface area contributed by atoms with Gasteiger partial charge in [0, 0.05) is 11.1 Å². The van der Waals surface area contributed by atoms with Crippen molar-refractivity contribution in [3.63, 3.8) is 0 Å². The molecule has 1 aliphatic heterocycles. The van der Waals surface area contributed by atoms with Gasteiger partial charge in [-0.25, -0.2) is 0 Å². The van der Waals surface area contributed by atoms with Crippen molar-refractivity contribution in [2.75, 3.05) is 12.4 Å². The van der Waals surface area contributed by atoms with E-state index in [-0.39, 0.29) is 5.54 Å². The van der Waals surface area contributed by atoms with Gasteiger partial charge in [0.05, 0.1) is 18.3 Å². The van der Waals surface area contributed by atoms with Crippen molar-refractivity contribution in [2.45, 2.75) is 19.4 Å². The molecule has 3 heteroatoms. The monoisotopic (exact) mass is 217 g/mol. The van der Waals surface area contributed by atoms with Crippen molar-refractivity contribution in [3.05, 3.63) is 29.3 Å². The second-order valence-electron chi connectivity index (χ2n) is 4.49. The van der Waals surface area contributed by atoms with Gasteiger partial charge in [0.2, 0.25) is 0 Å². The lowest BCUT2D eigenvalue weighted by Gasteiger charge is -2.30. The minimum absolute atomic E-state index is 0.0943. The Labute approximate surface area is 95.1 Å². The van der Waals surface area contributed by atoms with Crippen LogP contribution in [0.4, 0.5) is 5.69 Å². The molecule has 0 aliphatic carbocycles. The molecule has 1 aromatic carbocycles. The number of benzene rings is 1. The topological polar surface area (TPSA) is 38.3 Å². The predicted molar refractivity (Wildman–Crippen MR) is 65.1 cm³/mol. The highest BCUT2D eigenvalue weighted by molar-refractivity contribution is 5.85. The van der Waals surface area contributed by atoms with Crippen molar-refractivity contribution < 1.29 is 9.53 Å². The van der Waals surface area contributed by atoms with Crippen molar-refractivity contribution in [3.8, 4) is 5.75 Å². The number of nitrogens with one attached hydrogen (secondary N) is 1. The molecule has 0 saturated carbocycles. The van der Waals surface area contributed by atoms with Crippen molar-refractivity contribution in [1.29, 1.82) is 0 Å². The Kier molecular flexibility index (Phi) is 2.46. The van der Waals surface area contributed by atoms with Gasteiger partial charge in [-0.1, -0.05) is 12.2 Å². The fourth-order valence-corrected chi connectivity index (χ4v) is 1.82. The minimum atomic E-state index is -0.0943. The Morgan fingerprint density at radius 1 is 1.38 bits per heavy atom. The second-order valence-corrected chi connectivity index (χ2v) is 4.49. The average Bonchev–Trinajstić information content (AvgIpc) is 2.26. The van der Waals surface area contributed by atoms with Crippen molar-refractivity contribution in [2.24, 2.45) is 0 Å². The molecule has 0 fully saturated rings. The molecular weight excluding hydrogens is 202 g/mol. The van der Waals surface area contributed by atoms with Gasteiger partial charge in [0.1, 0.15) is 12.0 Å². The SMILES string of the molecule is COc1cc(C=O)cc2c1NC(C)(C)C=C2. The van der Waals surface area contributed by atoms with E-state index in [2.05, 4.69) is 25.2 Å². The van der Waals surface area contributed by atoms with Gasteiger partial charge in [0.15, 0.2) is 0 Å². The van der Waals surface area contributed by atoms with Crippen LogP contribution in [-0.4, -0.2) is 18.9 Å². The van der Waals surface area contributed by atoms with E-state index in [0.29, 0.717) is 11.3 Å². The Hall–Kier alpha value is -1.77. The molecule has 84 valence electrons. The van der Waals surface area contributed by atoms with E-state index < -0.39 is 0 Å². The molecule has 2 rings (SSSR count). The van der Waals surface area contributed by atoms with Gasteiger partial charge in [-0.05, 0) is 26.0 Å². The number of anilines is 1. The summed E-state index contributed by atoms with van der Waals surface area (Å²) in [4.78, 5) is 10.8. The van der Waals surface area contributed by atoms with E-state index in [9.17, 15) is 4.79 Å². The summed E-state index contributed by atoms with van der Waals surface area (Å²) in [6, 6.07) is 3.59. The number of carbonyl (C=O) groups is 1. The summed E-state index contributed by atoms with van der Waals surface area (Å²) in [5, 5.41) is 3.38. The molecule has 1 aromatic rings. The molecule has 0 radical (unpaired) electrons. The number of ether oxygens (including phenoxy) is 1. The van der Waals surface area contributed by atoms with Crippen molar-refractivity contribution in [1.82, 2.24) is 0 Å². The maximum Gasteiger partial charge on any atom is 0.150 e. The van der Waals surface area contributed by atoms with Crippen LogP contribution in [0.15, 0.2) is 18.2 Å². The van der Waals surface area contributed by atoms with E-state index in [1.165, 1.54) is 0 Å². The standard InChI is InChI=1S/C13H15NO2/c1-13(2)5-4-10-6-9(8-15)7-11(16-3)12(10)14-13/h4-8,14H,1-3H3. The lowest BCUT2D eigenvalue weighted by molar-refractivity contribution is 0.112. The minimum Gasteiger partial charge on any atom is -0.495 e. The van der Waals surface area contributed by atoms with Crippen LogP contribution < -0.4 is 10.1 Å².